The molecule has 1 saturated heterocycles. The number of rotatable bonds is 6. The average molecular weight is 270 g/mol. The van der Waals surface area contributed by atoms with Gasteiger partial charge in [-0.1, -0.05) is 41.0 Å². The predicted molar refractivity (Wildman–Crippen MR) is 76.9 cm³/mol. The van der Waals surface area contributed by atoms with E-state index in [2.05, 4.69) is 34.6 Å². The summed E-state index contributed by atoms with van der Waals surface area (Å²) < 4.78 is 10.8. The van der Waals surface area contributed by atoms with E-state index in [1.807, 2.05) is 0 Å². The van der Waals surface area contributed by atoms with Crippen molar-refractivity contribution in [3.05, 3.63) is 0 Å². The Bertz CT molecular complexity index is 309. The molecule has 1 aliphatic heterocycles. The molecule has 0 aromatic carbocycles. The number of esters is 1. The molecular weight excluding hydrogens is 240 g/mol. The number of hydrogen-bond donors (Lipinski definition) is 0. The number of carbonyl (C=O) groups excluding carboxylic acids is 1. The van der Waals surface area contributed by atoms with Gasteiger partial charge < -0.3 is 9.47 Å². The molecule has 1 fully saturated rings. The Hall–Kier alpha value is -0.570. The van der Waals surface area contributed by atoms with Crippen LogP contribution in [0.15, 0.2) is 0 Å². The Morgan fingerprint density at radius 2 is 2.11 bits per heavy atom. The Kier molecular flexibility index (Phi) is 5.43. The van der Waals surface area contributed by atoms with Gasteiger partial charge in [0.2, 0.25) is 0 Å². The highest BCUT2D eigenvalue weighted by atomic mass is 16.5. The van der Waals surface area contributed by atoms with Crippen LogP contribution in [0.5, 0.6) is 0 Å². The molecular formula is C16H30O3. The maximum atomic E-state index is 12.4. The first kappa shape index (κ1) is 16.5. The lowest BCUT2D eigenvalue weighted by Crippen LogP contribution is -2.42. The molecule has 0 bridgehead atoms. The van der Waals surface area contributed by atoms with Gasteiger partial charge in [0, 0.05) is 5.92 Å². The van der Waals surface area contributed by atoms with Crippen molar-refractivity contribution in [2.45, 2.75) is 53.9 Å². The van der Waals surface area contributed by atoms with Crippen LogP contribution in [0.3, 0.4) is 0 Å². The van der Waals surface area contributed by atoms with Crippen molar-refractivity contribution in [3.63, 3.8) is 0 Å². The van der Waals surface area contributed by atoms with Crippen molar-refractivity contribution >= 4 is 5.97 Å². The van der Waals surface area contributed by atoms with Gasteiger partial charge in [0.25, 0.3) is 0 Å². The number of ether oxygens (including phenoxy) is 2. The van der Waals surface area contributed by atoms with Crippen molar-refractivity contribution in [1.82, 2.24) is 0 Å². The van der Waals surface area contributed by atoms with Crippen LogP contribution in [-0.2, 0) is 14.3 Å². The lowest BCUT2D eigenvalue weighted by atomic mass is 9.66. The second-order valence-corrected chi connectivity index (χ2v) is 7.18. The molecule has 0 aromatic rings. The van der Waals surface area contributed by atoms with Gasteiger partial charge in [-0.15, -0.1) is 0 Å². The molecule has 0 amide bonds. The first-order chi connectivity index (χ1) is 8.77. The maximum Gasteiger partial charge on any atom is 0.314 e. The summed E-state index contributed by atoms with van der Waals surface area (Å²) in [6, 6.07) is 0. The van der Waals surface area contributed by atoms with Crippen LogP contribution < -0.4 is 0 Å². The Morgan fingerprint density at radius 3 is 2.58 bits per heavy atom. The van der Waals surface area contributed by atoms with Crippen LogP contribution in [-0.4, -0.2) is 26.3 Å². The van der Waals surface area contributed by atoms with Gasteiger partial charge in [0.15, 0.2) is 0 Å². The fourth-order valence-corrected chi connectivity index (χ4v) is 3.19. The Balaban J connectivity index is 2.96. The van der Waals surface area contributed by atoms with Gasteiger partial charge in [-0.2, -0.15) is 0 Å². The first-order valence-electron chi connectivity index (χ1n) is 7.43. The van der Waals surface area contributed by atoms with E-state index in [1.54, 1.807) is 0 Å². The van der Waals surface area contributed by atoms with Crippen LogP contribution >= 0.6 is 0 Å². The van der Waals surface area contributed by atoms with Gasteiger partial charge in [0.1, 0.15) is 0 Å². The highest BCUT2D eigenvalue weighted by molar-refractivity contribution is 5.77. The summed E-state index contributed by atoms with van der Waals surface area (Å²) in [6.45, 7) is 12.3. The summed E-state index contributed by atoms with van der Waals surface area (Å²) in [4.78, 5) is 12.4. The maximum absolute atomic E-state index is 12.4. The molecule has 1 aliphatic rings. The van der Waals surface area contributed by atoms with Crippen molar-refractivity contribution < 1.29 is 14.3 Å². The summed E-state index contributed by atoms with van der Waals surface area (Å²) >= 11 is 0. The van der Waals surface area contributed by atoms with Crippen LogP contribution in [0.1, 0.15) is 53.9 Å². The molecule has 112 valence electrons. The smallest absolute Gasteiger partial charge is 0.314 e. The lowest BCUT2D eigenvalue weighted by molar-refractivity contribution is -0.157. The molecule has 2 unspecified atom stereocenters. The zero-order valence-corrected chi connectivity index (χ0v) is 13.4. The third-order valence-corrected chi connectivity index (χ3v) is 4.58. The molecule has 0 spiro atoms. The Labute approximate surface area is 118 Å². The van der Waals surface area contributed by atoms with Crippen LogP contribution in [0, 0.1) is 22.7 Å². The van der Waals surface area contributed by atoms with Gasteiger partial charge >= 0.3 is 5.97 Å². The van der Waals surface area contributed by atoms with Gasteiger partial charge in [0.05, 0.1) is 25.7 Å². The van der Waals surface area contributed by atoms with Gasteiger partial charge in [-0.3, -0.25) is 4.79 Å². The monoisotopic (exact) mass is 270 g/mol. The normalized spacial score (nSPS) is 27.8. The third-order valence-electron chi connectivity index (χ3n) is 4.58. The molecule has 2 atom stereocenters. The van der Waals surface area contributed by atoms with E-state index in [4.69, 9.17) is 9.47 Å². The largest absolute Gasteiger partial charge is 0.469 e. The van der Waals surface area contributed by atoms with Crippen molar-refractivity contribution in [3.8, 4) is 0 Å². The molecule has 0 N–H and O–H groups in total. The van der Waals surface area contributed by atoms with E-state index >= 15 is 0 Å². The van der Waals surface area contributed by atoms with Crippen LogP contribution in [0.25, 0.3) is 0 Å². The number of carbonyl (C=O) groups is 1. The number of hydrogen-bond acceptors (Lipinski definition) is 3. The molecule has 1 rings (SSSR count). The number of methoxy groups -OCH3 is 1. The molecule has 1 heterocycles. The highest BCUT2D eigenvalue weighted by Crippen LogP contribution is 2.46. The molecule has 0 aromatic heterocycles. The van der Waals surface area contributed by atoms with Gasteiger partial charge in [-0.05, 0) is 24.2 Å². The summed E-state index contributed by atoms with van der Waals surface area (Å²) in [7, 11) is 1.49. The zero-order chi connectivity index (χ0) is 14.7. The minimum atomic E-state index is -0.435. The summed E-state index contributed by atoms with van der Waals surface area (Å²) in [5.74, 6) is 0.654. The first-order valence-corrected chi connectivity index (χ1v) is 7.43. The summed E-state index contributed by atoms with van der Waals surface area (Å²) in [5.41, 5.74) is -0.191. The minimum absolute atomic E-state index is 0.0874. The molecule has 0 aliphatic carbocycles. The van der Waals surface area contributed by atoms with E-state index in [9.17, 15) is 4.79 Å². The standard InChI is InChI=1S/C16H30O3/c1-7-15(4,5)9-13-10-19-11-16(13,8-12(2)3)14(17)18-6/h12-13H,7-11H2,1-6H3. The minimum Gasteiger partial charge on any atom is -0.469 e. The topological polar surface area (TPSA) is 35.5 Å². The third kappa shape index (κ3) is 3.71. The van der Waals surface area contributed by atoms with E-state index in [0.29, 0.717) is 19.1 Å². The molecule has 0 saturated carbocycles. The second-order valence-electron chi connectivity index (χ2n) is 7.18. The Morgan fingerprint density at radius 1 is 1.47 bits per heavy atom. The van der Waals surface area contributed by atoms with E-state index in [0.717, 1.165) is 19.3 Å². The molecule has 3 nitrogen and oxygen atoms in total. The summed E-state index contributed by atoms with van der Waals surface area (Å²) in [6.07, 6.45) is 2.98. The molecule has 0 radical (unpaired) electrons. The fraction of sp³-hybridized carbons (Fsp3) is 0.938. The average Bonchev–Trinajstić information content (AvgIpc) is 2.71. The lowest BCUT2D eigenvalue weighted by Gasteiger charge is -2.36. The highest BCUT2D eigenvalue weighted by Gasteiger charge is 2.52. The van der Waals surface area contributed by atoms with Crippen LogP contribution in [0.4, 0.5) is 0 Å². The van der Waals surface area contributed by atoms with Crippen molar-refractivity contribution in [2.24, 2.45) is 22.7 Å². The molecule has 3 heteroatoms. The quantitative estimate of drug-likeness (QED) is 0.691. The zero-order valence-electron chi connectivity index (χ0n) is 13.4. The van der Waals surface area contributed by atoms with Crippen molar-refractivity contribution in [1.29, 1.82) is 0 Å². The molecule has 19 heavy (non-hydrogen) atoms. The van der Waals surface area contributed by atoms with E-state index < -0.39 is 5.41 Å². The summed E-state index contributed by atoms with van der Waals surface area (Å²) in [5, 5.41) is 0. The van der Waals surface area contributed by atoms with Gasteiger partial charge in [-0.25, -0.2) is 0 Å². The van der Waals surface area contributed by atoms with E-state index in [-0.39, 0.29) is 17.3 Å². The van der Waals surface area contributed by atoms with E-state index in [1.165, 1.54) is 7.11 Å². The van der Waals surface area contributed by atoms with Crippen LogP contribution in [0.2, 0.25) is 0 Å². The van der Waals surface area contributed by atoms with Crippen molar-refractivity contribution in [2.75, 3.05) is 20.3 Å². The fourth-order valence-electron chi connectivity index (χ4n) is 3.19. The SMILES string of the molecule is CCC(C)(C)CC1COCC1(CC(C)C)C(=O)OC. The predicted octanol–water partition coefficient (Wildman–Crippen LogP) is 3.66. The second kappa shape index (κ2) is 6.25.